The van der Waals surface area contributed by atoms with Crippen molar-refractivity contribution in [2.24, 2.45) is 0 Å². The molecule has 0 spiro atoms. The van der Waals surface area contributed by atoms with Gasteiger partial charge in [0.15, 0.2) is 11.6 Å². The van der Waals surface area contributed by atoms with Crippen LogP contribution in [0.3, 0.4) is 0 Å². The summed E-state index contributed by atoms with van der Waals surface area (Å²) in [5, 5.41) is 3.63. The van der Waals surface area contributed by atoms with Gasteiger partial charge in [-0.25, -0.2) is 9.37 Å². The largest absolute Gasteiger partial charge is 0.573 e. The van der Waals surface area contributed by atoms with E-state index in [2.05, 4.69) is 20.7 Å². The van der Waals surface area contributed by atoms with Gasteiger partial charge in [0.25, 0.3) is 0 Å². The third-order valence-corrected chi connectivity index (χ3v) is 6.93. The van der Waals surface area contributed by atoms with Crippen LogP contribution in [-0.2, 0) is 6.54 Å². The van der Waals surface area contributed by atoms with E-state index >= 15 is 0 Å². The van der Waals surface area contributed by atoms with Crippen LogP contribution < -0.4 is 14.6 Å². The molecule has 9 heteroatoms. The number of fused-ring (bicyclic) bond motifs is 1. The molecule has 1 aromatic heterocycles. The van der Waals surface area contributed by atoms with Gasteiger partial charge in [0, 0.05) is 23.2 Å². The Kier molecular flexibility index (Phi) is 6.51. The molecule has 1 aliphatic rings. The van der Waals surface area contributed by atoms with Gasteiger partial charge in [0.2, 0.25) is 0 Å². The minimum atomic E-state index is -4.77. The molecule has 4 aromatic rings. The lowest BCUT2D eigenvalue weighted by Crippen LogP contribution is -2.29. The minimum Gasteiger partial charge on any atom is -0.406 e. The monoisotopic (exact) mass is 560 g/mol. The summed E-state index contributed by atoms with van der Waals surface area (Å²) in [6, 6.07) is 16.5. The van der Waals surface area contributed by atoms with Crippen molar-refractivity contribution in [1.82, 2.24) is 4.98 Å². The second kappa shape index (κ2) is 9.61. The summed E-state index contributed by atoms with van der Waals surface area (Å²) in [5.41, 5.74) is 2.36. The van der Waals surface area contributed by atoms with Crippen LogP contribution in [0.1, 0.15) is 35.4 Å². The first-order chi connectivity index (χ1) is 17.2. The van der Waals surface area contributed by atoms with Crippen LogP contribution in [0.5, 0.6) is 11.5 Å². The molecule has 0 N–H and O–H groups in total. The van der Waals surface area contributed by atoms with Gasteiger partial charge in [-0.1, -0.05) is 36.4 Å². The van der Waals surface area contributed by atoms with E-state index in [-0.39, 0.29) is 18.0 Å². The number of anilines is 1. The number of aryl methyl sites for hydroxylation is 1. The summed E-state index contributed by atoms with van der Waals surface area (Å²) in [6.07, 6.45) is -0.965. The second-order valence-electron chi connectivity index (χ2n) is 8.71. The number of halogens is 5. The average molecular weight is 561 g/mol. The number of benzene rings is 3. The number of alkyl halides is 3. The van der Waals surface area contributed by atoms with Crippen molar-refractivity contribution >= 4 is 32.5 Å². The smallest absolute Gasteiger partial charge is 0.406 e. The van der Waals surface area contributed by atoms with Crippen molar-refractivity contribution in [3.63, 3.8) is 0 Å². The van der Waals surface area contributed by atoms with Crippen molar-refractivity contribution < 1.29 is 27.1 Å². The van der Waals surface area contributed by atoms with Crippen LogP contribution in [0.15, 0.2) is 71.3 Å². The van der Waals surface area contributed by atoms with Crippen LogP contribution >= 0.6 is 15.9 Å². The Morgan fingerprint density at radius 1 is 1.03 bits per heavy atom. The molecule has 1 heterocycles. The van der Waals surface area contributed by atoms with Gasteiger partial charge in [0.1, 0.15) is 11.6 Å². The van der Waals surface area contributed by atoms with E-state index in [0.717, 1.165) is 29.2 Å². The fourth-order valence-corrected chi connectivity index (χ4v) is 4.37. The van der Waals surface area contributed by atoms with Crippen molar-refractivity contribution in [2.45, 2.75) is 38.6 Å². The van der Waals surface area contributed by atoms with Crippen molar-refractivity contribution in [3.05, 3.63) is 93.8 Å². The molecule has 1 fully saturated rings. The fraction of sp³-hybridized carbons (Fsp3) is 0.222. The summed E-state index contributed by atoms with van der Waals surface area (Å²) < 4.78 is 56.5. The molecule has 0 amide bonds. The average Bonchev–Trinajstić information content (AvgIpc) is 3.67. The van der Waals surface area contributed by atoms with E-state index in [4.69, 9.17) is 9.82 Å². The molecule has 3 aromatic carbocycles. The van der Waals surface area contributed by atoms with Gasteiger partial charge in [0.05, 0.1) is 11.0 Å². The van der Waals surface area contributed by atoms with Crippen molar-refractivity contribution in [1.29, 1.82) is 0 Å². The Hall–Kier alpha value is -3.33. The van der Waals surface area contributed by atoms with Gasteiger partial charge in [-0.05, 0) is 76.3 Å². The van der Waals surface area contributed by atoms with Gasteiger partial charge in [-0.15, -0.1) is 13.2 Å². The molecule has 4 nitrogen and oxygen atoms in total. The zero-order valence-corrected chi connectivity index (χ0v) is 20.7. The van der Waals surface area contributed by atoms with Crippen LogP contribution in [0.2, 0.25) is 0 Å². The normalized spacial score (nSPS) is 13.6. The molecule has 1 aliphatic carbocycles. The zero-order chi connectivity index (χ0) is 25.4. The molecule has 0 bridgehead atoms. The van der Waals surface area contributed by atoms with E-state index < -0.39 is 12.2 Å². The number of aromatic nitrogens is 1. The molecule has 0 unspecified atom stereocenters. The lowest BCUT2D eigenvalue weighted by molar-refractivity contribution is -0.274. The number of nitrogens with zero attached hydrogens (tertiary/aromatic N) is 2. The fourth-order valence-electron chi connectivity index (χ4n) is 4.14. The number of rotatable bonds is 7. The lowest BCUT2D eigenvalue weighted by atomic mass is 10.0. The van der Waals surface area contributed by atoms with Gasteiger partial charge >= 0.3 is 6.36 Å². The summed E-state index contributed by atoms with van der Waals surface area (Å²) >= 11 is 3.22. The maximum atomic E-state index is 14.5. The van der Waals surface area contributed by atoms with Crippen LogP contribution in [0, 0.1) is 12.7 Å². The maximum absolute atomic E-state index is 14.5. The Balaban J connectivity index is 1.55. The maximum Gasteiger partial charge on any atom is 0.573 e. The summed E-state index contributed by atoms with van der Waals surface area (Å²) in [6.45, 7) is 1.92. The van der Waals surface area contributed by atoms with E-state index in [1.165, 1.54) is 30.3 Å². The molecular weight excluding hydrogens is 540 g/mol. The highest BCUT2D eigenvalue weighted by Crippen LogP contribution is 2.47. The standard InChI is InChI=1S/C27H21BrF4N2O2/c1-16-12-21(13-23(29)25(16)28)36-34(15-17-6-10-20(11-7-17)35-27(30,31)32)26-24(18-8-9-18)22-5-3-2-4-19(22)14-33-26/h2-7,10-14,18H,8-9,15H2,1H3. The third kappa shape index (κ3) is 5.41. The van der Waals surface area contributed by atoms with E-state index in [9.17, 15) is 17.6 Å². The van der Waals surface area contributed by atoms with E-state index in [0.29, 0.717) is 27.3 Å². The van der Waals surface area contributed by atoms with E-state index in [1.54, 1.807) is 24.3 Å². The SMILES string of the molecule is Cc1cc(ON(Cc2ccc(OC(F)(F)F)cc2)c2ncc3ccccc3c2C2CC2)cc(F)c1Br. The number of hydroxylamine groups is 1. The molecule has 0 radical (unpaired) electrons. The van der Waals surface area contributed by atoms with Crippen molar-refractivity contribution in [2.75, 3.05) is 5.06 Å². The highest BCUT2D eigenvalue weighted by molar-refractivity contribution is 9.10. The Morgan fingerprint density at radius 2 is 1.75 bits per heavy atom. The first-order valence-corrected chi connectivity index (χ1v) is 12.1. The molecular formula is C27H21BrF4N2O2. The minimum absolute atomic E-state index is 0.161. The van der Waals surface area contributed by atoms with Crippen LogP contribution in [-0.4, -0.2) is 11.3 Å². The predicted octanol–water partition coefficient (Wildman–Crippen LogP) is 8.22. The summed E-state index contributed by atoms with van der Waals surface area (Å²) in [4.78, 5) is 10.9. The second-order valence-corrected chi connectivity index (χ2v) is 9.51. The topological polar surface area (TPSA) is 34.6 Å². The first-order valence-electron chi connectivity index (χ1n) is 11.3. The number of hydrogen-bond acceptors (Lipinski definition) is 4. The third-order valence-electron chi connectivity index (χ3n) is 5.92. The molecule has 5 rings (SSSR count). The highest BCUT2D eigenvalue weighted by Gasteiger charge is 2.32. The Bertz CT molecular complexity index is 1380. The quantitative estimate of drug-likeness (QED) is 0.168. The number of pyridine rings is 1. The lowest BCUT2D eigenvalue weighted by Gasteiger charge is -2.27. The van der Waals surface area contributed by atoms with Crippen molar-refractivity contribution in [3.8, 4) is 11.5 Å². The van der Waals surface area contributed by atoms with Crippen LogP contribution in [0.4, 0.5) is 23.4 Å². The first kappa shape index (κ1) is 24.4. The summed E-state index contributed by atoms with van der Waals surface area (Å²) in [5.74, 6) is 0.407. The molecule has 36 heavy (non-hydrogen) atoms. The Morgan fingerprint density at radius 3 is 2.42 bits per heavy atom. The molecule has 186 valence electrons. The van der Waals surface area contributed by atoms with Gasteiger partial charge in [-0.2, -0.15) is 5.06 Å². The molecule has 0 aliphatic heterocycles. The predicted molar refractivity (Wildman–Crippen MR) is 132 cm³/mol. The molecule has 1 saturated carbocycles. The van der Waals surface area contributed by atoms with Crippen LogP contribution in [0.25, 0.3) is 10.8 Å². The zero-order valence-electron chi connectivity index (χ0n) is 19.2. The highest BCUT2D eigenvalue weighted by atomic mass is 79.9. The molecule has 0 atom stereocenters. The summed E-state index contributed by atoms with van der Waals surface area (Å²) in [7, 11) is 0. The molecule has 0 saturated heterocycles. The number of ether oxygens (including phenoxy) is 1. The van der Waals surface area contributed by atoms with Gasteiger partial charge < -0.3 is 9.57 Å². The Labute approximate surface area is 213 Å². The van der Waals surface area contributed by atoms with Gasteiger partial charge in [-0.3, -0.25) is 0 Å². The number of hydrogen-bond donors (Lipinski definition) is 0. The van der Waals surface area contributed by atoms with E-state index in [1.807, 2.05) is 24.3 Å².